The highest BCUT2D eigenvalue weighted by Gasteiger charge is 2.14. The van der Waals surface area contributed by atoms with E-state index in [1.165, 1.54) is 5.56 Å². The van der Waals surface area contributed by atoms with Gasteiger partial charge in [0.05, 0.1) is 0 Å². The predicted molar refractivity (Wildman–Crippen MR) is 79.5 cm³/mol. The minimum atomic E-state index is -0.0960. The van der Waals surface area contributed by atoms with Crippen molar-refractivity contribution in [2.24, 2.45) is 5.73 Å². The van der Waals surface area contributed by atoms with E-state index in [2.05, 4.69) is 45.0 Å². The van der Waals surface area contributed by atoms with Gasteiger partial charge in [-0.25, -0.2) is 0 Å². The molecule has 19 heavy (non-hydrogen) atoms. The molecule has 0 saturated carbocycles. The van der Waals surface area contributed by atoms with Gasteiger partial charge in [-0.15, -0.1) is 0 Å². The highest BCUT2D eigenvalue weighted by atomic mass is 16.5. The zero-order valence-electron chi connectivity index (χ0n) is 11.8. The molecule has 0 radical (unpaired) electrons. The first kappa shape index (κ1) is 13.6. The van der Waals surface area contributed by atoms with Crippen molar-refractivity contribution in [2.75, 3.05) is 6.54 Å². The van der Waals surface area contributed by atoms with Crippen LogP contribution in [0.4, 0.5) is 0 Å². The van der Waals surface area contributed by atoms with Crippen LogP contribution in [0.1, 0.15) is 28.4 Å². The summed E-state index contributed by atoms with van der Waals surface area (Å²) in [6, 6.07) is 14.4. The van der Waals surface area contributed by atoms with Crippen LogP contribution in [0.2, 0.25) is 0 Å². The van der Waals surface area contributed by atoms with Crippen LogP contribution in [0.5, 0.6) is 5.75 Å². The largest absolute Gasteiger partial charge is 0.484 e. The third-order valence-corrected chi connectivity index (χ3v) is 3.25. The zero-order valence-corrected chi connectivity index (χ0v) is 11.8. The lowest BCUT2D eigenvalue weighted by Gasteiger charge is -2.21. The lowest BCUT2D eigenvalue weighted by molar-refractivity contribution is 0.211. The summed E-state index contributed by atoms with van der Waals surface area (Å²) in [6.45, 7) is 6.72. The average molecular weight is 255 g/mol. The molecule has 0 saturated heterocycles. The van der Waals surface area contributed by atoms with Crippen LogP contribution in [0.3, 0.4) is 0 Å². The van der Waals surface area contributed by atoms with Gasteiger partial charge in [-0.05, 0) is 37.5 Å². The van der Waals surface area contributed by atoms with Crippen molar-refractivity contribution in [1.82, 2.24) is 0 Å². The van der Waals surface area contributed by atoms with Gasteiger partial charge in [-0.3, -0.25) is 0 Å². The van der Waals surface area contributed by atoms with Gasteiger partial charge in [0, 0.05) is 6.54 Å². The summed E-state index contributed by atoms with van der Waals surface area (Å²) in [5.41, 5.74) is 10.5. The van der Waals surface area contributed by atoms with E-state index < -0.39 is 0 Å². The van der Waals surface area contributed by atoms with E-state index in [4.69, 9.17) is 10.5 Å². The van der Waals surface area contributed by atoms with E-state index >= 15 is 0 Å². The van der Waals surface area contributed by atoms with Gasteiger partial charge in [0.2, 0.25) is 0 Å². The summed E-state index contributed by atoms with van der Waals surface area (Å²) < 4.78 is 6.14. The molecule has 1 atom stereocenters. The van der Waals surface area contributed by atoms with Crippen molar-refractivity contribution in [2.45, 2.75) is 26.9 Å². The molecule has 0 amide bonds. The third kappa shape index (κ3) is 3.15. The van der Waals surface area contributed by atoms with Gasteiger partial charge < -0.3 is 10.5 Å². The molecule has 2 heteroatoms. The van der Waals surface area contributed by atoms with Crippen molar-refractivity contribution >= 4 is 0 Å². The molecule has 0 aliphatic rings. The number of hydrogen-bond acceptors (Lipinski definition) is 2. The van der Waals surface area contributed by atoms with Gasteiger partial charge in [-0.1, -0.05) is 48.0 Å². The Balaban J connectivity index is 2.29. The monoisotopic (exact) mass is 255 g/mol. The number of rotatable bonds is 4. The van der Waals surface area contributed by atoms with Gasteiger partial charge in [-0.2, -0.15) is 0 Å². The second kappa shape index (κ2) is 5.89. The molecule has 0 bridgehead atoms. The van der Waals surface area contributed by atoms with Crippen molar-refractivity contribution in [1.29, 1.82) is 0 Å². The summed E-state index contributed by atoms with van der Waals surface area (Å²) >= 11 is 0. The Bertz CT molecular complexity index is 525. The van der Waals surface area contributed by atoms with Gasteiger partial charge in [0.25, 0.3) is 0 Å². The maximum atomic E-state index is 6.14. The van der Waals surface area contributed by atoms with Crippen LogP contribution in [-0.4, -0.2) is 6.54 Å². The number of aryl methyl sites for hydroxylation is 3. The van der Waals surface area contributed by atoms with E-state index in [1.807, 2.05) is 18.2 Å². The van der Waals surface area contributed by atoms with E-state index in [9.17, 15) is 0 Å². The average Bonchev–Trinajstić information content (AvgIpc) is 2.39. The van der Waals surface area contributed by atoms with Crippen molar-refractivity contribution < 1.29 is 4.74 Å². The summed E-state index contributed by atoms with van der Waals surface area (Å²) in [6.07, 6.45) is -0.0960. The molecule has 2 nitrogen and oxygen atoms in total. The van der Waals surface area contributed by atoms with Gasteiger partial charge in [0.1, 0.15) is 11.9 Å². The van der Waals surface area contributed by atoms with Gasteiger partial charge >= 0.3 is 0 Å². The molecule has 2 aromatic carbocycles. The van der Waals surface area contributed by atoms with Crippen molar-refractivity contribution in [3.63, 3.8) is 0 Å². The van der Waals surface area contributed by atoms with Gasteiger partial charge in [0.15, 0.2) is 0 Å². The number of benzene rings is 2. The van der Waals surface area contributed by atoms with E-state index in [1.54, 1.807) is 0 Å². The molecule has 2 rings (SSSR count). The Morgan fingerprint density at radius 1 is 1.00 bits per heavy atom. The summed E-state index contributed by atoms with van der Waals surface area (Å²) in [5, 5.41) is 0. The number of nitrogens with two attached hydrogens (primary N) is 1. The molecular weight excluding hydrogens is 234 g/mol. The Labute approximate surface area is 115 Å². The Morgan fingerprint density at radius 2 is 1.58 bits per heavy atom. The molecule has 2 N–H and O–H groups in total. The molecule has 0 aliphatic carbocycles. The second-order valence-corrected chi connectivity index (χ2v) is 4.98. The zero-order chi connectivity index (χ0) is 13.8. The van der Waals surface area contributed by atoms with E-state index in [0.717, 1.165) is 22.4 Å². The molecule has 0 heterocycles. The summed E-state index contributed by atoms with van der Waals surface area (Å²) in [5.74, 6) is 0.949. The fourth-order valence-electron chi connectivity index (χ4n) is 2.41. The van der Waals surface area contributed by atoms with Crippen LogP contribution in [0.15, 0.2) is 42.5 Å². The highest BCUT2D eigenvalue weighted by molar-refractivity contribution is 5.43. The summed E-state index contributed by atoms with van der Waals surface area (Å²) in [4.78, 5) is 0. The fourth-order valence-corrected chi connectivity index (χ4v) is 2.41. The van der Waals surface area contributed by atoms with E-state index in [-0.39, 0.29) is 6.10 Å². The van der Waals surface area contributed by atoms with Crippen molar-refractivity contribution in [3.8, 4) is 5.75 Å². The number of ether oxygens (including phenoxy) is 1. The Kier molecular flexibility index (Phi) is 4.23. The van der Waals surface area contributed by atoms with Crippen LogP contribution >= 0.6 is 0 Å². The first-order valence-corrected chi connectivity index (χ1v) is 6.61. The molecule has 100 valence electrons. The predicted octanol–water partition coefficient (Wildman–Crippen LogP) is 3.69. The normalized spacial score (nSPS) is 12.2. The van der Waals surface area contributed by atoms with Crippen LogP contribution in [-0.2, 0) is 0 Å². The molecule has 0 fully saturated rings. The van der Waals surface area contributed by atoms with Crippen LogP contribution < -0.4 is 10.5 Å². The highest BCUT2D eigenvalue weighted by Crippen LogP contribution is 2.29. The minimum absolute atomic E-state index is 0.0960. The SMILES string of the molecule is Cc1cc(C)c(OC(CN)c2ccccc2)c(C)c1. The smallest absolute Gasteiger partial charge is 0.136 e. The Hall–Kier alpha value is -1.80. The fraction of sp³-hybridized carbons (Fsp3) is 0.294. The molecular formula is C17H21NO. The second-order valence-electron chi connectivity index (χ2n) is 4.98. The first-order valence-electron chi connectivity index (χ1n) is 6.61. The molecule has 0 aliphatic heterocycles. The quantitative estimate of drug-likeness (QED) is 0.904. The summed E-state index contributed by atoms with van der Waals surface area (Å²) in [7, 11) is 0. The molecule has 0 spiro atoms. The molecule has 1 unspecified atom stereocenters. The maximum absolute atomic E-state index is 6.14. The number of hydrogen-bond donors (Lipinski definition) is 1. The van der Waals surface area contributed by atoms with Crippen LogP contribution in [0.25, 0.3) is 0 Å². The topological polar surface area (TPSA) is 35.2 Å². The third-order valence-electron chi connectivity index (χ3n) is 3.25. The van der Waals surface area contributed by atoms with E-state index in [0.29, 0.717) is 6.54 Å². The first-order chi connectivity index (χ1) is 9.11. The standard InChI is InChI=1S/C17H21NO/c1-12-9-13(2)17(14(3)10-12)19-16(11-18)15-7-5-4-6-8-15/h4-10,16H,11,18H2,1-3H3. The molecule has 0 aromatic heterocycles. The van der Waals surface area contributed by atoms with Crippen molar-refractivity contribution in [3.05, 3.63) is 64.7 Å². The Morgan fingerprint density at radius 3 is 2.11 bits per heavy atom. The lowest BCUT2D eigenvalue weighted by Crippen LogP contribution is -2.19. The lowest BCUT2D eigenvalue weighted by atomic mass is 10.1. The maximum Gasteiger partial charge on any atom is 0.136 e. The minimum Gasteiger partial charge on any atom is -0.484 e. The molecule has 2 aromatic rings. The van der Waals surface area contributed by atoms with Crippen LogP contribution in [0, 0.1) is 20.8 Å².